The van der Waals surface area contributed by atoms with Gasteiger partial charge in [0.05, 0.1) is 20.8 Å². The van der Waals surface area contributed by atoms with Crippen molar-refractivity contribution in [2.75, 3.05) is 26.1 Å². The minimum atomic E-state index is 0.623. The van der Waals surface area contributed by atoms with Gasteiger partial charge in [-0.05, 0) is 30.7 Å². The van der Waals surface area contributed by atoms with Crippen LogP contribution in [-0.2, 0) is 13.0 Å². The lowest BCUT2D eigenvalue weighted by molar-refractivity contribution is 0.345. The first-order valence-corrected chi connectivity index (χ1v) is 7.29. The highest BCUT2D eigenvalue weighted by Crippen LogP contribution is 2.29. The molecule has 116 valence electrons. The number of pyridine rings is 1. The van der Waals surface area contributed by atoms with Gasteiger partial charge in [0, 0.05) is 30.2 Å². The van der Waals surface area contributed by atoms with Gasteiger partial charge in [0.2, 0.25) is 5.88 Å². The molecular formula is C17H20N2O3. The van der Waals surface area contributed by atoms with Crippen LogP contribution in [0.5, 0.6) is 17.4 Å². The molecule has 2 heterocycles. The van der Waals surface area contributed by atoms with Gasteiger partial charge in [-0.15, -0.1) is 0 Å². The Balaban J connectivity index is 1.77. The van der Waals surface area contributed by atoms with Crippen LogP contribution in [-0.4, -0.2) is 25.8 Å². The summed E-state index contributed by atoms with van der Waals surface area (Å²) < 4.78 is 16.2. The third-order valence-corrected chi connectivity index (χ3v) is 3.85. The van der Waals surface area contributed by atoms with E-state index in [9.17, 15) is 0 Å². The molecule has 0 unspecified atom stereocenters. The summed E-state index contributed by atoms with van der Waals surface area (Å²) in [5.41, 5.74) is 3.48. The second-order valence-corrected chi connectivity index (χ2v) is 5.24. The third kappa shape index (κ3) is 2.79. The number of rotatable bonds is 5. The maximum Gasteiger partial charge on any atom is 0.218 e. The minimum absolute atomic E-state index is 0.623. The summed E-state index contributed by atoms with van der Waals surface area (Å²) in [7, 11) is 3.30. The number of aryl methyl sites for hydroxylation is 1. The van der Waals surface area contributed by atoms with Gasteiger partial charge >= 0.3 is 0 Å². The van der Waals surface area contributed by atoms with Gasteiger partial charge in [-0.3, -0.25) is 0 Å². The molecule has 1 aromatic carbocycles. The largest absolute Gasteiger partial charge is 0.497 e. The van der Waals surface area contributed by atoms with Gasteiger partial charge in [-0.25, -0.2) is 0 Å². The van der Waals surface area contributed by atoms with Gasteiger partial charge in [0.1, 0.15) is 17.3 Å². The van der Waals surface area contributed by atoms with E-state index in [2.05, 4.69) is 23.3 Å². The summed E-state index contributed by atoms with van der Waals surface area (Å²) >= 11 is 0. The maximum absolute atomic E-state index is 5.55. The molecule has 22 heavy (non-hydrogen) atoms. The highest BCUT2D eigenvalue weighted by Gasteiger charge is 2.17. The molecular weight excluding hydrogens is 280 g/mol. The van der Waals surface area contributed by atoms with E-state index in [-0.39, 0.29) is 0 Å². The smallest absolute Gasteiger partial charge is 0.218 e. The average Bonchev–Trinajstić information content (AvgIpc) is 3.01. The van der Waals surface area contributed by atoms with Gasteiger partial charge in [0.15, 0.2) is 0 Å². The molecule has 2 aromatic rings. The Bertz CT molecular complexity index is 686. The highest BCUT2D eigenvalue weighted by atomic mass is 16.5. The summed E-state index contributed by atoms with van der Waals surface area (Å²) in [5, 5.41) is 3.33. The van der Waals surface area contributed by atoms with Gasteiger partial charge < -0.3 is 19.5 Å². The number of anilines is 1. The van der Waals surface area contributed by atoms with Crippen molar-refractivity contribution in [1.82, 2.24) is 4.98 Å². The van der Waals surface area contributed by atoms with Crippen molar-refractivity contribution >= 4 is 5.82 Å². The first-order chi connectivity index (χ1) is 10.7. The number of benzene rings is 1. The lowest BCUT2D eigenvalue weighted by Crippen LogP contribution is -2.04. The van der Waals surface area contributed by atoms with Crippen LogP contribution < -0.4 is 19.5 Å². The lowest BCUT2D eigenvalue weighted by atomic mass is 10.1. The summed E-state index contributed by atoms with van der Waals surface area (Å²) in [6, 6.07) is 7.84. The van der Waals surface area contributed by atoms with E-state index in [1.54, 1.807) is 14.2 Å². The van der Waals surface area contributed by atoms with Crippen LogP contribution in [0.1, 0.15) is 16.7 Å². The Labute approximate surface area is 130 Å². The topological polar surface area (TPSA) is 52.6 Å². The molecule has 3 rings (SSSR count). The second-order valence-electron chi connectivity index (χ2n) is 5.24. The van der Waals surface area contributed by atoms with Crippen molar-refractivity contribution in [3.63, 3.8) is 0 Å². The van der Waals surface area contributed by atoms with Crippen LogP contribution in [0, 0.1) is 6.92 Å². The Morgan fingerprint density at radius 2 is 2.09 bits per heavy atom. The molecule has 0 aliphatic carbocycles. The summed E-state index contributed by atoms with van der Waals surface area (Å²) in [6.07, 6.45) is 0.945. The van der Waals surface area contributed by atoms with E-state index in [1.807, 2.05) is 18.2 Å². The number of ether oxygens (including phenoxy) is 3. The predicted octanol–water partition coefficient (Wildman–Crippen LogP) is 2.95. The zero-order valence-corrected chi connectivity index (χ0v) is 13.1. The van der Waals surface area contributed by atoms with E-state index in [1.165, 1.54) is 11.1 Å². The molecule has 0 bridgehead atoms. The van der Waals surface area contributed by atoms with Crippen LogP contribution >= 0.6 is 0 Å². The van der Waals surface area contributed by atoms with Crippen molar-refractivity contribution < 1.29 is 14.2 Å². The molecule has 0 amide bonds. The number of hydrogen-bond acceptors (Lipinski definition) is 5. The zero-order valence-electron chi connectivity index (χ0n) is 13.1. The molecule has 0 saturated carbocycles. The Kier molecular flexibility index (Phi) is 4.04. The van der Waals surface area contributed by atoms with E-state index in [4.69, 9.17) is 14.2 Å². The van der Waals surface area contributed by atoms with Crippen LogP contribution in [0.15, 0.2) is 24.3 Å². The molecule has 0 fully saturated rings. The SMILES string of the molecule is COc1ccc(CNc2cc(C)c3c(n2)OCC3)c(OC)c1. The molecule has 0 spiro atoms. The van der Waals surface area contributed by atoms with Crippen LogP contribution in [0.4, 0.5) is 5.82 Å². The maximum atomic E-state index is 5.55. The number of nitrogens with one attached hydrogen (secondary N) is 1. The number of hydrogen-bond donors (Lipinski definition) is 1. The Morgan fingerprint density at radius 1 is 1.23 bits per heavy atom. The normalized spacial score (nSPS) is 12.5. The zero-order chi connectivity index (χ0) is 15.5. The summed E-state index contributed by atoms with van der Waals surface area (Å²) in [4.78, 5) is 4.52. The highest BCUT2D eigenvalue weighted by molar-refractivity contribution is 5.49. The average molecular weight is 300 g/mol. The fraction of sp³-hybridized carbons (Fsp3) is 0.353. The van der Waals surface area contributed by atoms with Crippen molar-refractivity contribution in [2.45, 2.75) is 19.9 Å². The van der Waals surface area contributed by atoms with Crippen LogP contribution in [0.25, 0.3) is 0 Å². The first kappa shape index (κ1) is 14.5. The molecule has 1 aliphatic rings. The Morgan fingerprint density at radius 3 is 2.86 bits per heavy atom. The van der Waals surface area contributed by atoms with Crippen LogP contribution in [0.3, 0.4) is 0 Å². The Hall–Kier alpha value is -2.43. The summed E-state index contributed by atoms with van der Waals surface area (Å²) in [6.45, 7) is 3.44. The van der Waals surface area contributed by atoms with E-state index in [0.29, 0.717) is 6.54 Å². The lowest BCUT2D eigenvalue weighted by Gasteiger charge is -2.13. The standard InChI is InChI=1S/C17H20N2O3/c1-11-8-16(19-17-14(11)6-7-22-17)18-10-12-4-5-13(20-2)9-15(12)21-3/h4-5,8-9H,6-7,10H2,1-3H3,(H,18,19). The van der Waals surface area contributed by atoms with Gasteiger partial charge in [0.25, 0.3) is 0 Å². The van der Waals surface area contributed by atoms with Crippen molar-refractivity contribution in [2.24, 2.45) is 0 Å². The molecule has 0 saturated heterocycles. The third-order valence-electron chi connectivity index (χ3n) is 3.85. The molecule has 5 heteroatoms. The molecule has 1 aromatic heterocycles. The molecule has 0 atom stereocenters. The minimum Gasteiger partial charge on any atom is -0.497 e. The molecule has 0 radical (unpaired) electrons. The molecule has 1 N–H and O–H groups in total. The van der Waals surface area contributed by atoms with Crippen molar-refractivity contribution in [3.8, 4) is 17.4 Å². The number of aromatic nitrogens is 1. The fourth-order valence-corrected chi connectivity index (χ4v) is 2.62. The van der Waals surface area contributed by atoms with Crippen LogP contribution in [0.2, 0.25) is 0 Å². The number of nitrogens with zero attached hydrogens (tertiary/aromatic N) is 1. The number of fused-ring (bicyclic) bond motifs is 1. The fourth-order valence-electron chi connectivity index (χ4n) is 2.62. The molecule has 5 nitrogen and oxygen atoms in total. The van der Waals surface area contributed by atoms with Gasteiger partial charge in [-0.1, -0.05) is 0 Å². The predicted molar refractivity (Wildman–Crippen MR) is 85.0 cm³/mol. The summed E-state index contributed by atoms with van der Waals surface area (Å²) in [5.74, 6) is 3.14. The second kappa shape index (κ2) is 6.13. The number of methoxy groups -OCH3 is 2. The molecule has 1 aliphatic heterocycles. The quantitative estimate of drug-likeness (QED) is 0.920. The van der Waals surface area contributed by atoms with Gasteiger partial charge in [-0.2, -0.15) is 4.98 Å². The monoisotopic (exact) mass is 300 g/mol. The van der Waals surface area contributed by atoms with Crippen molar-refractivity contribution in [1.29, 1.82) is 0 Å². The first-order valence-electron chi connectivity index (χ1n) is 7.29. The van der Waals surface area contributed by atoms with E-state index < -0.39 is 0 Å². The van der Waals surface area contributed by atoms with E-state index in [0.717, 1.165) is 41.8 Å². The van der Waals surface area contributed by atoms with Crippen molar-refractivity contribution in [3.05, 3.63) is 41.0 Å². The van der Waals surface area contributed by atoms with E-state index >= 15 is 0 Å².